The number of aromatic nitrogens is 2. The molecule has 3 aromatic rings. The summed E-state index contributed by atoms with van der Waals surface area (Å²) in [7, 11) is -4.08. The Bertz CT molecular complexity index is 1290. The van der Waals surface area contributed by atoms with Gasteiger partial charge >= 0.3 is 0 Å². The summed E-state index contributed by atoms with van der Waals surface area (Å²) in [5, 5.41) is 0. The van der Waals surface area contributed by atoms with Crippen molar-refractivity contribution >= 4 is 10.0 Å². The number of sulfonamides is 1. The summed E-state index contributed by atoms with van der Waals surface area (Å²) >= 11 is 0. The topological polar surface area (TPSA) is 81.1 Å². The average Bonchev–Trinajstić information content (AvgIpc) is 2.81. The molecule has 1 aliphatic rings. The first-order chi connectivity index (χ1) is 15.8. The quantitative estimate of drug-likeness (QED) is 0.568. The van der Waals surface area contributed by atoms with E-state index in [4.69, 9.17) is 0 Å². The molecule has 174 valence electrons. The Morgan fingerprint density at radius 1 is 1.12 bits per heavy atom. The van der Waals surface area contributed by atoms with Crippen molar-refractivity contribution in [1.29, 1.82) is 0 Å². The fourth-order valence-corrected chi connectivity index (χ4v) is 5.37. The molecule has 33 heavy (non-hydrogen) atoms. The van der Waals surface area contributed by atoms with Crippen LogP contribution in [0.15, 0.2) is 65.7 Å². The molecule has 0 saturated carbocycles. The SMILES string of the molecule is CC(C)n1cnc2c(c1=O)C(Cc1cccc(-c3ccccc3)c1)C(NS(=O)(=O)CF)CC2. The highest BCUT2D eigenvalue weighted by molar-refractivity contribution is 7.89. The molecule has 0 amide bonds. The number of hydrogen-bond donors (Lipinski definition) is 1. The van der Waals surface area contributed by atoms with E-state index < -0.39 is 28.0 Å². The predicted octanol–water partition coefficient (Wildman–Crippen LogP) is 3.98. The molecule has 0 bridgehead atoms. The van der Waals surface area contributed by atoms with Crippen molar-refractivity contribution in [3.63, 3.8) is 0 Å². The molecule has 8 heteroatoms. The zero-order valence-electron chi connectivity index (χ0n) is 18.7. The minimum Gasteiger partial charge on any atom is -0.296 e. The van der Waals surface area contributed by atoms with Crippen LogP contribution in [0.2, 0.25) is 0 Å². The van der Waals surface area contributed by atoms with Gasteiger partial charge in [0, 0.05) is 23.6 Å². The summed E-state index contributed by atoms with van der Waals surface area (Å²) in [4.78, 5) is 17.9. The van der Waals surface area contributed by atoms with Crippen LogP contribution in [0.25, 0.3) is 11.1 Å². The number of alkyl halides is 1. The van der Waals surface area contributed by atoms with E-state index in [0.717, 1.165) is 16.7 Å². The first-order valence-corrected chi connectivity index (χ1v) is 12.7. The summed E-state index contributed by atoms with van der Waals surface area (Å²) in [6.07, 6.45) is 2.91. The summed E-state index contributed by atoms with van der Waals surface area (Å²) in [5.41, 5.74) is 4.13. The summed E-state index contributed by atoms with van der Waals surface area (Å²) in [5.74, 6) is -0.452. The van der Waals surface area contributed by atoms with Gasteiger partial charge in [0.2, 0.25) is 16.0 Å². The minimum absolute atomic E-state index is 0.0831. The Hall–Kier alpha value is -2.84. The van der Waals surface area contributed by atoms with Crippen LogP contribution in [0, 0.1) is 0 Å². The van der Waals surface area contributed by atoms with E-state index in [-0.39, 0.29) is 11.6 Å². The van der Waals surface area contributed by atoms with Gasteiger partial charge in [-0.1, -0.05) is 54.6 Å². The van der Waals surface area contributed by atoms with Crippen molar-refractivity contribution < 1.29 is 12.8 Å². The largest absolute Gasteiger partial charge is 0.296 e. The van der Waals surface area contributed by atoms with Crippen molar-refractivity contribution in [2.75, 3.05) is 6.01 Å². The third-order valence-corrected chi connectivity index (χ3v) is 7.13. The number of fused-ring (bicyclic) bond motifs is 1. The maximum absolute atomic E-state index is 13.4. The molecule has 1 aromatic heterocycles. The molecular weight excluding hydrogens is 441 g/mol. The summed E-state index contributed by atoms with van der Waals surface area (Å²) in [6.45, 7) is 3.81. The van der Waals surface area contributed by atoms with Crippen LogP contribution in [-0.4, -0.2) is 30.0 Å². The molecule has 1 N–H and O–H groups in total. The second-order valence-corrected chi connectivity index (χ2v) is 10.5. The molecule has 2 atom stereocenters. The van der Waals surface area contributed by atoms with Crippen LogP contribution in [0.5, 0.6) is 0 Å². The first kappa shape index (κ1) is 23.3. The Morgan fingerprint density at radius 3 is 2.55 bits per heavy atom. The fraction of sp³-hybridized carbons (Fsp3) is 0.360. The molecule has 0 spiro atoms. The average molecular weight is 470 g/mol. The maximum atomic E-state index is 13.4. The van der Waals surface area contributed by atoms with Crippen molar-refractivity contribution in [2.24, 2.45) is 0 Å². The van der Waals surface area contributed by atoms with Crippen molar-refractivity contribution in [3.8, 4) is 11.1 Å². The number of nitrogens with one attached hydrogen (secondary N) is 1. The normalized spacial score (nSPS) is 18.3. The van der Waals surface area contributed by atoms with Gasteiger partial charge in [0.25, 0.3) is 5.56 Å². The molecule has 1 heterocycles. The van der Waals surface area contributed by atoms with E-state index in [1.165, 1.54) is 0 Å². The monoisotopic (exact) mass is 469 g/mol. The minimum atomic E-state index is -4.08. The molecule has 2 unspecified atom stereocenters. The van der Waals surface area contributed by atoms with Crippen molar-refractivity contribution in [3.05, 3.63) is 88.1 Å². The number of hydrogen-bond acceptors (Lipinski definition) is 4. The van der Waals surface area contributed by atoms with Gasteiger partial charge in [-0.15, -0.1) is 0 Å². The highest BCUT2D eigenvalue weighted by Gasteiger charge is 2.36. The lowest BCUT2D eigenvalue weighted by Gasteiger charge is -2.33. The van der Waals surface area contributed by atoms with Crippen LogP contribution in [0.3, 0.4) is 0 Å². The van der Waals surface area contributed by atoms with Crippen molar-refractivity contribution in [1.82, 2.24) is 14.3 Å². The smallest absolute Gasteiger partial charge is 0.257 e. The molecule has 6 nitrogen and oxygen atoms in total. The van der Waals surface area contributed by atoms with Crippen LogP contribution >= 0.6 is 0 Å². The standard InChI is InChI=1S/C25H28FN3O3S/c1-17(2)29-16-27-23-12-11-22(28-33(31,32)15-26)21(24(23)25(29)30)14-18-7-6-10-20(13-18)19-8-4-3-5-9-19/h3-10,13,16-17,21-22,28H,11-12,14-15H2,1-2H3. The molecule has 0 fully saturated rings. The maximum Gasteiger partial charge on any atom is 0.257 e. The van der Waals surface area contributed by atoms with Gasteiger partial charge in [-0.3, -0.25) is 9.36 Å². The second kappa shape index (κ2) is 9.57. The predicted molar refractivity (Wildman–Crippen MR) is 127 cm³/mol. The van der Waals surface area contributed by atoms with Crippen LogP contribution < -0.4 is 10.3 Å². The lowest BCUT2D eigenvalue weighted by molar-refractivity contribution is 0.407. The molecule has 4 rings (SSSR count). The van der Waals surface area contributed by atoms with Crippen LogP contribution in [0.1, 0.15) is 49.0 Å². The van der Waals surface area contributed by atoms with E-state index >= 15 is 0 Å². The molecule has 2 aromatic carbocycles. The third kappa shape index (κ3) is 5.07. The Labute approximate surface area is 193 Å². The van der Waals surface area contributed by atoms with E-state index in [9.17, 15) is 17.6 Å². The Morgan fingerprint density at radius 2 is 1.85 bits per heavy atom. The lowest BCUT2D eigenvalue weighted by Crippen LogP contribution is -2.46. The Balaban J connectivity index is 1.77. The number of halogens is 1. The number of nitrogens with zero attached hydrogens (tertiary/aromatic N) is 2. The van der Waals surface area contributed by atoms with Gasteiger partial charge in [0.05, 0.1) is 12.0 Å². The van der Waals surface area contributed by atoms with Gasteiger partial charge in [-0.05, 0) is 49.8 Å². The van der Waals surface area contributed by atoms with Crippen LogP contribution in [0.4, 0.5) is 4.39 Å². The third-order valence-electron chi connectivity index (χ3n) is 6.18. The molecule has 1 aliphatic carbocycles. The summed E-state index contributed by atoms with van der Waals surface area (Å²) in [6, 6.07) is 15.8. The van der Waals surface area contributed by atoms with Gasteiger partial charge < -0.3 is 0 Å². The van der Waals surface area contributed by atoms with E-state index in [0.29, 0.717) is 30.5 Å². The number of rotatable bonds is 7. The van der Waals surface area contributed by atoms with Crippen molar-refractivity contribution in [2.45, 2.75) is 51.1 Å². The zero-order chi connectivity index (χ0) is 23.6. The van der Waals surface area contributed by atoms with E-state index in [1.807, 2.05) is 62.4 Å². The van der Waals surface area contributed by atoms with Crippen LogP contribution in [-0.2, 0) is 22.9 Å². The Kier molecular flexibility index (Phi) is 6.76. The van der Waals surface area contributed by atoms with Gasteiger partial charge in [0.15, 0.2) is 0 Å². The van der Waals surface area contributed by atoms with E-state index in [1.54, 1.807) is 10.9 Å². The van der Waals surface area contributed by atoms with Gasteiger partial charge in [-0.25, -0.2) is 22.5 Å². The molecule has 0 aliphatic heterocycles. The first-order valence-electron chi connectivity index (χ1n) is 11.1. The number of aryl methyl sites for hydroxylation is 1. The lowest BCUT2D eigenvalue weighted by atomic mass is 9.78. The molecule has 0 saturated heterocycles. The fourth-order valence-electron chi connectivity index (χ4n) is 4.56. The zero-order valence-corrected chi connectivity index (χ0v) is 19.6. The highest BCUT2D eigenvalue weighted by Crippen LogP contribution is 2.33. The van der Waals surface area contributed by atoms with Gasteiger partial charge in [0.1, 0.15) is 0 Å². The summed E-state index contributed by atoms with van der Waals surface area (Å²) < 4.78 is 41.4. The van der Waals surface area contributed by atoms with Gasteiger partial charge in [-0.2, -0.15) is 0 Å². The molecule has 0 radical (unpaired) electrons. The molecular formula is C25H28FN3O3S. The van der Waals surface area contributed by atoms with E-state index in [2.05, 4.69) is 15.8 Å². The highest BCUT2D eigenvalue weighted by atomic mass is 32.2. The number of benzene rings is 2. The second-order valence-electron chi connectivity index (χ2n) is 8.78.